The van der Waals surface area contributed by atoms with Gasteiger partial charge in [-0.2, -0.15) is 8.42 Å². The molecule has 5 nitrogen and oxygen atoms in total. The van der Waals surface area contributed by atoms with Gasteiger partial charge in [0.25, 0.3) is 0 Å². The minimum absolute atomic E-state index is 0.0249. The summed E-state index contributed by atoms with van der Waals surface area (Å²) in [4.78, 5) is -0.0637. The molecule has 0 saturated carbocycles. The van der Waals surface area contributed by atoms with Gasteiger partial charge in [0.15, 0.2) is 15.5 Å². The summed E-state index contributed by atoms with van der Waals surface area (Å²) in [5, 5.41) is 0.0932. The van der Waals surface area contributed by atoms with Crippen LogP contribution in [0.25, 0.3) is 0 Å². The van der Waals surface area contributed by atoms with Gasteiger partial charge in [-0.05, 0) is 17.5 Å². The van der Waals surface area contributed by atoms with Crippen molar-refractivity contribution in [3.05, 3.63) is 28.8 Å². The van der Waals surface area contributed by atoms with Gasteiger partial charge >= 0.3 is 10.1 Å². The van der Waals surface area contributed by atoms with Crippen molar-refractivity contribution in [3.8, 4) is 0 Å². The molecule has 1 rings (SSSR count). The molecule has 1 atom stereocenters. The van der Waals surface area contributed by atoms with Gasteiger partial charge in [-0.3, -0.25) is 4.57 Å². The van der Waals surface area contributed by atoms with Gasteiger partial charge in [0.1, 0.15) is 4.90 Å². The van der Waals surface area contributed by atoms with Crippen LogP contribution in [0.5, 0.6) is 0 Å². The molecule has 18 heavy (non-hydrogen) atoms. The summed E-state index contributed by atoms with van der Waals surface area (Å²) >= 11 is 5.91. The molecule has 1 aromatic carbocycles. The quantitative estimate of drug-likeness (QED) is 0.349. The zero-order chi connectivity index (χ0) is 13.8. The Morgan fingerprint density at radius 2 is 2.06 bits per heavy atom. The van der Waals surface area contributed by atoms with E-state index in [4.69, 9.17) is 11.6 Å². The number of halogens is 1. The molecular formula is C10H14ClO5PS. The van der Waals surface area contributed by atoms with E-state index in [2.05, 4.69) is 8.71 Å². The molecule has 8 heteroatoms. The van der Waals surface area contributed by atoms with Gasteiger partial charge in [0.2, 0.25) is 0 Å². The van der Waals surface area contributed by atoms with Crippen LogP contribution in [0.2, 0.25) is 5.02 Å². The maximum Gasteiger partial charge on any atom is 0.301 e. The lowest BCUT2D eigenvalue weighted by atomic mass is 10.0. The highest BCUT2D eigenvalue weighted by Gasteiger charge is 2.24. The maximum absolute atomic E-state index is 12.0. The monoisotopic (exact) mass is 312 g/mol. The minimum Gasteiger partial charge on any atom is -0.304 e. The van der Waals surface area contributed by atoms with Crippen LogP contribution in [0.15, 0.2) is 23.1 Å². The summed E-state index contributed by atoms with van der Waals surface area (Å²) in [7, 11) is -5.53. The van der Waals surface area contributed by atoms with E-state index in [1.54, 1.807) is 12.1 Å². The molecule has 0 spiro atoms. The van der Waals surface area contributed by atoms with Gasteiger partial charge in [-0.15, -0.1) is 0 Å². The van der Waals surface area contributed by atoms with E-state index >= 15 is 0 Å². The van der Waals surface area contributed by atoms with Crippen molar-refractivity contribution in [1.29, 1.82) is 0 Å². The highest BCUT2D eigenvalue weighted by molar-refractivity contribution is 7.87. The smallest absolute Gasteiger partial charge is 0.301 e. The Labute approximate surface area is 112 Å². The second-order valence-electron chi connectivity index (χ2n) is 3.77. The number of hydrogen-bond donors (Lipinski definition) is 0. The van der Waals surface area contributed by atoms with Crippen LogP contribution in [0.4, 0.5) is 0 Å². The molecule has 0 aliphatic heterocycles. The largest absolute Gasteiger partial charge is 0.304 e. The summed E-state index contributed by atoms with van der Waals surface area (Å²) in [6.45, 7) is 3.12. The van der Waals surface area contributed by atoms with Crippen LogP contribution in [-0.2, 0) is 23.4 Å². The molecule has 0 radical (unpaired) electrons. The molecule has 0 aliphatic rings. The van der Waals surface area contributed by atoms with Crippen molar-refractivity contribution in [3.63, 3.8) is 0 Å². The van der Waals surface area contributed by atoms with Crippen molar-refractivity contribution < 1.29 is 21.7 Å². The van der Waals surface area contributed by atoms with Gasteiger partial charge in [-0.25, -0.2) is 4.18 Å². The number of benzene rings is 1. The summed E-state index contributed by atoms with van der Waals surface area (Å²) in [6, 6.07) is 4.82. The van der Waals surface area contributed by atoms with E-state index in [1.807, 2.05) is 13.8 Å². The summed E-state index contributed by atoms with van der Waals surface area (Å²) in [6.07, 6.45) is 0. The molecule has 1 unspecified atom stereocenters. The third kappa shape index (κ3) is 3.80. The molecule has 0 saturated heterocycles. The average molecular weight is 313 g/mol. The van der Waals surface area contributed by atoms with E-state index in [9.17, 15) is 13.0 Å². The Morgan fingerprint density at radius 1 is 1.39 bits per heavy atom. The van der Waals surface area contributed by atoms with Crippen molar-refractivity contribution in [2.75, 3.05) is 6.79 Å². The first kappa shape index (κ1) is 15.7. The van der Waals surface area contributed by atoms with Gasteiger partial charge in [0, 0.05) is 0 Å². The Bertz CT molecular complexity index is 529. The van der Waals surface area contributed by atoms with Crippen LogP contribution < -0.4 is 0 Å². The van der Waals surface area contributed by atoms with E-state index < -0.39 is 25.6 Å². The second-order valence-corrected chi connectivity index (χ2v) is 6.25. The zero-order valence-corrected chi connectivity index (χ0v) is 12.6. The molecular weight excluding hydrogens is 299 g/mol. The Hall–Kier alpha value is -0.390. The SMILES string of the molecule is CC(C)c1cccc(Cl)c1S(=O)(=O)OCO[PH2]=O. The highest BCUT2D eigenvalue weighted by atomic mass is 35.5. The van der Waals surface area contributed by atoms with Gasteiger partial charge in [-0.1, -0.05) is 37.6 Å². The van der Waals surface area contributed by atoms with Crippen LogP contribution in [0.1, 0.15) is 25.3 Å². The molecule has 0 N–H and O–H groups in total. The third-order valence-electron chi connectivity index (χ3n) is 2.21. The fourth-order valence-corrected chi connectivity index (χ4v) is 3.31. The molecule has 0 bridgehead atoms. The summed E-state index contributed by atoms with van der Waals surface area (Å²) < 4.78 is 43.1. The van der Waals surface area contributed by atoms with Crippen molar-refractivity contribution in [2.45, 2.75) is 24.7 Å². The van der Waals surface area contributed by atoms with Crippen molar-refractivity contribution in [2.24, 2.45) is 0 Å². The van der Waals surface area contributed by atoms with Gasteiger partial charge < -0.3 is 4.52 Å². The van der Waals surface area contributed by atoms with E-state index in [0.29, 0.717) is 5.56 Å². The fraction of sp³-hybridized carbons (Fsp3) is 0.400. The Balaban J connectivity index is 3.18. The Morgan fingerprint density at radius 3 is 2.61 bits per heavy atom. The number of hydrogen-bond acceptors (Lipinski definition) is 5. The van der Waals surface area contributed by atoms with Crippen LogP contribution >= 0.6 is 20.3 Å². The standard InChI is InChI=1S/C10H14ClO5PS/c1-7(2)8-4-3-5-9(11)10(8)18(13,14)16-6-15-17-12/h3-5,7H,6,17H2,1-2H3. The predicted octanol–water partition coefficient (Wildman–Crippen LogP) is 2.81. The lowest BCUT2D eigenvalue weighted by Crippen LogP contribution is -2.11. The highest BCUT2D eigenvalue weighted by Crippen LogP contribution is 2.31. The fourth-order valence-electron chi connectivity index (χ4n) is 1.42. The third-order valence-corrected chi connectivity index (χ3v) is 4.27. The summed E-state index contributed by atoms with van der Waals surface area (Å²) in [5.74, 6) is -0.0249. The van der Waals surface area contributed by atoms with E-state index in [-0.39, 0.29) is 15.8 Å². The minimum atomic E-state index is -4.02. The molecule has 1 aromatic rings. The first-order chi connectivity index (χ1) is 8.40. The van der Waals surface area contributed by atoms with Crippen LogP contribution in [0.3, 0.4) is 0 Å². The van der Waals surface area contributed by atoms with Crippen molar-refractivity contribution >= 4 is 30.4 Å². The molecule has 0 fully saturated rings. The van der Waals surface area contributed by atoms with Crippen LogP contribution in [-0.4, -0.2) is 15.2 Å². The number of rotatable bonds is 6. The Kier molecular flexibility index (Phi) is 5.82. The molecule has 102 valence electrons. The molecule has 0 amide bonds. The van der Waals surface area contributed by atoms with Gasteiger partial charge in [0.05, 0.1) is 5.02 Å². The zero-order valence-electron chi connectivity index (χ0n) is 9.92. The van der Waals surface area contributed by atoms with E-state index in [1.165, 1.54) is 6.07 Å². The van der Waals surface area contributed by atoms with E-state index in [0.717, 1.165) is 0 Å². The van der Waals surface area contributed by atoms with Crippen molar-refractivity contribution in [1.82, 2.24) is 0 Å². The molecule has 0 heterocycles. The average Bonchev–Trinajstić information content (AvgIpc) is 2.28. The first-order valence-electron chi connectivity index (χ1n) is 5.13. The lowest BCUT2D eigenvalue weighted by Gasteiger charge is -2.14. The van der Waals surface area contributed by atoms with Crippen LogP contribution in [0, 0.1) is 0 Å². The normalized spacial score (nSPS) is 12.7. The predicted molar refractivity (Wildman–Crippen MR) is 70.2 cm³/mol. The summed E-state index contributed by atoms with van der Waals surface area (Å²) in [5.41, 5.74) is 0.567. The lowest BCUT2D eigenvalue weighted by molar-refractivity contribution is 0.139. The molecule has 0 aliphatic carbocycles. The topological polar surface area (TPSA) is 69.7 Å². The maximum atomic E-state index is 12.0. The molecule has 0 aromatic heterocycles. The first-order valence-corrected chi connectivity index (χ1v) is 7.86. The second kappa shape index (κ2) is 6.68.